The van der Waals surface area contributed by atoms with Crippen molar-refractivity contribution in [1.82, 2.24) is 19.8 Å². The monoisotopic (exact) mass is 166 g/mol. The maximum Gasteiger partial charge on any atom is 0.174 e. The average Bonchev–Trinajstić information content (AvgIpc) is 2.34. The number of hydrogen-bond donors (Lipinski definition) is 1. The van der Waals surface area contributed by atoms with E-state index in [1.165, 1.54) is 0 Å². The molecule has 2 rings (SSSR count). The lowest BCUT2D eigenvalue weighted by molar-refractivity contribution is 0.833. The van der Waals surface area contributed by atoms with E-state index in [-0.39, 0.29) is 0 Å². The molecule has 2 aromatic heterocycles. The minimum Gasteiger partial charge on any atom is -0.232 e. The minimum absolute atomic E-state index is 0.699. The molecule has 0 spiro atoms. The van der Waals surface area contributed by atoms with Gasteiger partial charge >= 0.3 is 0 Å². The van der Waals surface area contributed by atoms with Crippen molar-refractivity contribution in [3.8, 4) is 0 Å². The van der Waals surface area contributed by atoms with Crippen LogP contribution < -0.4 is 0 Å². The lowest BCUT2D eigenvalue weighted by Crippen LogP contribution is -1.93. The van der Waals surface area contributed by atoms with E-state index in [0.717, 1.165) is 11.3 Å². The van der Waals surface area contributed by atoms with Gasteiger partial charge in [-0.05, 0) is 13.0 Å². The van der Waals surface area contributed by atoms with Crippen molar-refractivity contribution in [2.75, 3.05) is 0 Å². The van der Waals surface area contributed by atoms with Crippen LogP contribution in [0.25, 0.3) is 5.65 Å². The molecule has 0 radical (unpaired) electrons. The molecular formula is C6H6N4S. The molecule has 0 amide bonds. The number of H-pyrrole nitrogens is 1. The summed E-state index contributed by atoms with van der Waals surface area (Å²) in [6.07, 6.45) is 1.64. The quantitative estimate of drug-likeness (QED) is 0.596. The Morgan fingerprint density at radius 2 is 2.45 bits per heavy atom. The fourth-order valence-electron chi connectivity index (χ4n) is 0.951. The smallest absolute Gasteiger partial charge is 0.174 e. The van der Waals surface area contributed by atoms with E-state index >= 15 is 0 Å². The number of hydrogen-bond acceptors (Lipinski definition) is 3. The van der Waals surface area contributed by atoms with Gasteiger partial charge in [0.05, 0.1) is 6.20 Å². The molecule has 4 nitrogen and oxygen atoms in total. The van der Waals surface area contributed by atoms with E-state index in [9.17, 15) is 0 Å². The number of aromatic nitrogens is 4. The van der Waals surface area contributed by atoms with Gasteiger partial charge in [0.25, 0.3) is 0 Å². The van der Waals surface area contributed by atoms with Crippen LogP contribution in [0.15, 0.2) is 12.3 Å². The Hall–Kier alpha value is -1.23. The molecule has 0 unspecified atom stereocenters. The van der Waals surface area contributed by atoms with Gasteiger partial charge in [-0.15, -0.1) is 0 Å². The molecule has 0 bridgehead atoms. The first kappa shape index (κ1) is 6.48. The topological polar surface area (TPSA) is 46.0 Å². The summed E-state index contributed by atoms with van der Waals surface area (Å²) in [5, 5.41) is 6.53. The van der Waals surface area contributed by atoms with Gasteiger partial charge in [-0.1, -0.05) is 12.2 Å². The van der Waals surface area contributed by atoms with Crippen LogP contribution >= 0.6 is 12.2 Å². The second kappa shape index (κ2) is 2.13. The third-order valence-corrected chi connectivity index (χ3v) is 1.71. The van der Waals surface area contributed by atoms with Crippen molar-refractivity contribution in [1.29, 1.82) is 0 Å². The predicted octanol–water partition coefficient (Wildman–Crippen LogP) is 1.10. The van der Waals surface area contributed by atoms with Gasteiger partial charge in [-0.25, -0.2) is 14.7 Å². The van der Waals surface area contributed by atoms with Crippen LogP contribution in [0.4, 0.5) is 0 Å². The molecule has 0 saturated heterocycles. The van der Waals surface area contributed by atoms with Crippen LogP contribution in [0.2, 0.25) is 0 Å². The molecule has 11 heavy (non-hydrogen) atoms. The van der Waals surface area contributed by atoms with Crippen molar-refractivity contribution in [3.63, 3.8) is 0 Å². The summed E-state index contributed by atoms with van der Waals surface area (Å²) in [5.41, 5.74) is 1.67. The molecule has 5 heteroatoms. The van der Waals surface area contributed by atoms with E-state index in [0.29, 0.717) is 4.64 Å². The van der Waals surface area contributed by atoms with Gasteiger partial charge in [0.15, 0.2) is 5.65 Å². The van der Waals surface area contributed by atoms with Gasteiger partial charge in [0, 0.05) is 5.69 Å². The number of rotatable bonds is 0. The first-order valence-electron chi connectivity index (χ1n) is 3.17. The van der Waals surface area contributed by atoms with Crippen molar-refractivity contribution >= 4 is 17.9 Å². The highest BCUT2D eigenvalue weighted by molar-refractivity contribution is 7.71. The van der Waals surface area contributed by atoms with Gasteiger partial charge in [0.1, 0.15) is 4.64 Å². The van der Waals surface area contributed by atoms with Crippen molar-refractivity contribution in [2.45, 2.75) is 6.92 Å². The van der Waals surface area contributed by atoms with Crippen molar-refractivity contribution in [3.05, 3.63) is 22.6 Å². The highest BCUT2D eigenvalue weighted by Gasteiger charge is 1.95. The van der Waals surface area contributed by atoms with Gasteiger partial charge in [-0.2, -0.15) is 5.10 Å². The Morgan fingerprint density at radius 1 is 1.64 bits per heavy atom. The average molecular weight is 166 g/mol. The summed E-state index contributed by atoms with van der Waals surface area (Å²) >= 11 is 5.05. The molecule has 0 aliphatic rings. The number of nitrogens with one attached hydrogen (secondary N) is 1. The molecule has 0 fully saturated rings. The maximum absolute atomic E-state index is 5.05. The van der Waals surface area contributed by atoms with E-state index in [1.807, 2.05) is 13.0 Å². The normalized spacial score (nSPS) is 10.6. The number of aromatic amines is 1. The fourth-order valence-corrected chi connectivity index (χ4v) is 1.26. The van der Waals surface area contributed by atoms with Crippen LogP contribution in [-0.4, -0.2) is 19.8 Å². The van der Waals surface area contributed by atoms with Crippen LogP contribution in [0, 0.1) is 11.6 Å². The van der Waals surface area contributed by atoms with Crippen LogP contribution in [-0.2, 0) is 0 Å². The van der Waals surface area contributed by atoms with Gasteiger partial charge in [0.2, 0.25) is 0 Å². The first-order valence-corrected chi connectivity index (χ1v) is 3.58. The summed E-state index contributed by atoms with van der Waals surface area (Å²) in [5.74, 6) is 0. The highest BCUT2D eigenvalue weighted by atomic mass is 32.1. The van der Waals surface area contributed by atoms with Gasteiger partial charge < -0.3 is 0 Å². The number of aryl methyl sites for hydroxylation is 1. The van der Waals surface area contributed by atoms with E-state index in [1.54, 1.807) is 10.7 Å². The lowest BCUT2D eigenvalue weighted by Gasteiger charge is -1.92. The molecule has 2 aromatic rings. The Bertz CT molecular complexity index is 441. The van der Waals surface area contributed by atoms with E-state index in [4.69, 9.17) is 12.2 Å². The van der Waals surface area contributed by atoms with Crippen LogP contribution in [0.3, 0.4) is 0 Å². The lowest BCUT2D eigenvalue weighted by atomic mass is 10.4. The van der Waals surface area contributed by atoms with Crippen molar-refractivity contribution < 1.29 is 0 Å². The third-order valence-electron chi connectivity index (χ3n) is 1.41. The van der Waals surface area contributed by atoms with E-state index < -0.39 is 0 Å². The molecule has 0 atom stereocenters. The summed E-state index contributed by atoms with van der Waals surface area (Å²) in [6.45, 7) is 1.91. The molecule has 0 aromatic carbocycles. The van der Waals surface area contributed by atoms with Gasteiger partial charge in [-0.3, -0.25) is 0 Å². The van der Waals surface area contributed by atoms with Crippen LogP contribution in [0.1, 0.15) is 5.69 Å². The molecule has 56 valence electrons. The summed E-state index contributed by atoms with van der Waals surface area (Å²) in [6, 6.07) is 1.82. The molecule has 0 saturated carbocycles. The van der Waals surface area contributed by atoms with Crippen LogP contribution in [0.5, 0.6) is 0 Å². The predicted molar refractivity (Wildman–Crippen MR) is 42.9 cm³/mol. The SMILES string of the molecule is Cc1cc(=S)n2[nH]ncc2n1. The zero-order valence-corrected chi connectivity index (χ0v) is 6.72. The standard InChI is InChI=1S/C6H6N4S/c1-4-2-6(11)10-5(8-4)3-7-9-10/h2-3,9H,1H3. The number of nitrogens with zero attached hydrogens (tertiary/aromatic N) is 3. The fraction of sp³-hybridized carbons (Fsp3) is 0.167. The molecular weight excluding hydrogens is 160 g/mol. The zero-order chi connectivity index (χ0) is 7.84. The third kappa shape index (κ3) is 0.932. The first-order chi connectivity index (χ1) is 5.27. The maximum atomic E-state index is 5.05. The number of fused-ring (bicyclic) bond motifs is 1. The second-order valence-corrected chi connectivity index (χ2v) is 2.71. The Labute approximate surface area is 67.9 Å². The minimum atomic E-state index is 0.699. The molecule has 1 N–H and O–H groups in total. The molecule has 0 aliphatic carbocycles. The zero-order valence-electron chi connectivity index (χ0n) is 5.90. The Morgan fingerprint density at radius 3 is 3.27 bits per heavy atom. The summed E-state index contributed by atoms with van der Waals surface area (Å²) in [7, 11) is 0. The second-order valence-electron chi connectivity index (χ2n) is 2.29. The van der Waals surface area contributed by atoms with E-state index in [2.05, 4.69) is 15.3 Å². The highest BCUT2D eigenvalue weighted by Crippen LogP contribution is 1.99. The Kier molecular flexibility index (Phi) is 1.25. The largest absolute Gasteiger partial charge is 0.232 e. The molecule has 2 heterocycles. The summed E-state index contributed by atoms with van der Waals surface area (Å²) < 4.78 is 2.35. The summed E-state index contributed by atoms with van der Waals surface area (Å²) in [4.78, 5) is 4.20. The van der Waals surface area contributed by atoms with Crippen molar-refractivity contribution in [2.24, 2.45) is 0 Å². The Balaban J connectivity index is 3.02. The molecule has 0 aliphatic heterocycles.